The zero-order valence-electron chi connectivity index (χ0n) is 17.2. The number of anilines is 1. The van der Waals surface area contributed by atoms with E-state index in [1.165, 1.54) is 0 Å². The predicted molar refractivity (Wildman–Crippen MR) is 115 cm³/mol. The van der Waals surface area contributed by atoms with Crippen LogP contribution in [0.5, 0.6) is 0 Å². The maximum Gasteiger partial charge on any atom is 0.243 e. The van der Waals surface area contributed by atoms with Gasteiger partial charge in [-0.1, -0.05) is 18.6 Å². The van der Waals surface area contributed by atoms with E-state index in [1.54, 1.807) is 39.6 Å². The first-order valence-electron chi connectivity index (χ1n) is 10.1. The van der Waals surface area contributed by atoms with Crippen LogP contribution in [-0.2, 0) is 16.6 Å². The second-order valence-electron chi connectivity index (χ2n) is 7.57. The SMILES string of the molecule is Cc1cc(C)n(-c2cncc(NCc3cccc(S(=O)(=O)N4CCCCC4)c3)n2)n1. The van der Waals surface area contributed by atoms with Crippen molar-refractivity contribution in [3.05, 3.63) is 59.7 Å². The normalized spacial score (nSPS) is 15.3. The summed E-state index contributed by atoms with van der Waals surface area (Å²) in [5.74, 6) is 1.23. The van der Waals surface area contributed by atoms with Crippen molar-refractivity contribution in [2.45, 2.75) is 44.6 Å². The Kier molecular flexibility index (Phi) is 5.83. The molecule has 0 saturated carbocycles. The summed E-state index contributed by atoms with van der Waals surface area (Å²) in [6.45, 7) is 5.54. The summed E-state index contributed by atoms with van der Waals surface area (Å²) in [6, 6.07) is 9.06. The molecule has 1 aromatic carbocycles. The molecule has 1 aliphatic heterocycles. The number of aryl methyl sites for hydroxylation is 2. The van der Waals surface area contributed by atoms with Gasteiger partial charge < -0.3 is 5.32 Å². The fourth-order valence-electron chi connectivity index (χ4n) is 3.67. The summed E-state index contributed by atoms with van der Waals surface area (Å²) in [6.07, 6.45) is 6.24. The van der Waals surface area contributed by atoms with Crippen LogP contribution in [0.1, 0.15) is 36.2 Å². The first-order valence-corrected chi connectivity index (χ1v) is 11.6. The molecule has 0 radical (unpaired) electrons. The van der Waals surface area contributed by atoms with E-state index < -0.39 is 10.0 Å². The summed E-state index contributed by atoms with van der Waals surface area (Å²) in [5.41, 5.74) is 2.76. The zero-order chi connectivity index (χ0) is 21.1. The van der Waals surface area contributed by atoms with Crippen LogP contribution in [0.2, 0.25) is 0 Å². The smallest absolute Gasteiger partial charge is 0.243 e. The van der Waals surface area contributed by atoms with Crippen molar-refractivity contribution in [1.29, 1.82) is 0 Å². The number of piperidine rings is 1. The highest BCUT2D eigenvalue weighted by atomic mass is 32.2. The van der Waals surface area contributed by atoms with E-state index in [2.05, 4.69) is 20.4 Å². The molecule has 158 valence electrons. The molecule has 4 rings (SSSR count). The van der Waals surface area contributed by atoms with Crippen molar-refractivity contribution in [3.63, 3.8) is 0 Å². The minimum absolute atomic E-state index is 0.339. The van der Waals surface area contributed by atoms with Crippen molar-refractivity contribution in [3.8, 4) is 5.82 Å². The van der Waals surface area contributed by atoms with Gasteiger partial charge in [-0.05, 0) is 50.5 Å². The molecular weight excluding hydrogens is 400 g/mol. The number of hydrogen-bond donors (Lipinski definition) is 1. The minimum atomic E-state index is -3.45. The van der Waals surface area contributed by atoms with E-state index in [0.29, 0.717) is 36.2 Å². The van der Waals surface area contributed by atoms with Crippen LogP contribution in [0.3, 0.4) is 0 Å². The van der Waals surface area contributed by atoms with Crippen LogP contribution in [-0.4, -0.2) is 45.6 Å². The molecule has 1 N–H and O–H groups in total. The van der Waals surface area contributed by atoms with E-state index in [9.17, 15) is 8.42 Å². The molecule has 0 spiro atoms. The van der Waals surface area contributed by atoms with Gasteiger partial charge in [-0.2, -0.15) is 9.40 Å². The van der Waals surface area contributed by atoms with Crippen molar-refractivity contribution >= 4 is 15.8 Å². The van der Waals surface area contributed by atoms with Crippen molar-refractivity contribution in [1.82, 2.24) is 24.1 Å². The number of aromatic nitrogens is 4. The summed E-state index contributed by atoms with van der Waals surface area (Å²) < 4.78 is 29.2. The summed E-state index contributed by atoms with van der Waals surface area (Å²) in [5, 5.41) is 7.67. The van der Waals surface area contributed by atoms with Crippen LogP contribution in [0.4, 0.5) is 5.82 Å². The largest absolute Gasteiger partial charge is 0.365 e. The molecule has 0 atom stereocenters. The third kappa shape index (κ3) is 4.36. The number of nitrogens with one attached hydrogen (secondary N) is 1. The van der Waals surface area contributed by atoms with Crippen LogP contribution >= 0.6 is 0 Å². The predicted octanol–water partition coefficient (Wildman–Crippen LogP) is 3.07. The third-order valence-corrected chi connectivity index (χ3v) is 7.07. The monoisotopic (exact) mass is 426 g/mol. The summed E-state index contributed by atoms with van der Waals surface area (Å²) >= 11 is 0. The van der Waals surface area contributed by atoms with Gasteiger partial charge in [-0.15, -0.1) is 0 Å². The highest BCUT2D eigenvalue weighted by molar-refractivity contribution is 7.89. The lowest BCUT2D eigenvalue weighted by Crippen LogP contribution is -2.35. The maximum atomic E-state index is 12.9. The second-order valence-corrected chi connectivity index (χ2v) is 9.51. The summed E-state index contributed by atoms with van der Waals surface area (Å²) in [7, 11) is -3.45. The zero-order valence-corrected chi connectivity index (χ0v) is 18.1. The Morgan fingerprint density at radius 2 is 1.87 bits per heavy atom. The molecule has 30 heavy (non-hydrogen) atoms. The Hall–Kier alpha value is -2.78. The average Bonchev–Trinajstić information content (AvgIpc) is 3.11. The first-order chi connectivity index (χ1) is 14.4. The second kappa shape index (κ2) is 8.53. The third-order valence-electron chi connectivity index (χ3n) is 5.17. The fraction of sp³-hybridized carbons (Fsp3) is 0.381. The highest BCUT2D eigenvalue weighted by Crippen LogP contribution is 2.21. The fourth-order valence-corrected chi connectivity index (χ4v) is 5.25. The lowest BCUT2D eigenvalue weighted by molar-refractivity contribution is 0.346. The summed E-state index contributed by atoms with van der Waals surface area (Å²) in [4.78, 5) is 9.17. The Bertz CT molecular complexity index is 1140. The topological polar surface area (TPSA) is 93.0 Å². The van der Waals surface area contributed by atoms with Crippen molar-refractivity contribution < 1.29 is 8.42 Å². The lowest BCUT2D eigenvalue weighted by atomic mass is 10.2. The number of sulfonamides is 1. The van der Waals surface area contributed by atoms with Crippen LogP contribution in [0, 0.1) is 13.8 Å². The van der Waals surface area contributed by atoms with E-state index in [1.807, 2.05) is 26.0 Å². The van der Waals surface area contributed by atoms with E-state index >= 15 is 0 Å². The molecule has 1 saturated heterocycles. The van der Waals surface area contributed by atoms with Gasteiger partial charge in [0.1, 0.15) is 5.82 Å². The molecule has 2 aromatic heterocycles. The molecule has 3 heterocycles. The van der Waals surface area contributed by atoms with Gasteiger partial charge in [-0.25, -0.2) is 18.1 Å². The molecule has 0 unspecified atom stereocenters. The standard InChI is InChI=1S/C21H26N6O2S/c1-16-11-17(2)27(25-16)21-15-22-14-20(24-21)23-13-18-7-6-8-19(12-18)30(28,29)26-9-4-3-5-10-26/h6-8,11-12,14-15H,3-5,9-10,13H2,1-2H3,(H,23,24). The minimum Gasteiger partial charge on any atom is -0.365 e. The first kappa shape index (κ1) is 20.5. The molecule has 1 aliphatic rings. The molecule has 0 aliphatic carbocycles. The van der Waals surface area contributed by atoms with Gasteiger partial charge in [0, 0.05) is 25.3 Å². The van der Waals surface area contributed by atoms with E-state index in [0.717, 1.165) is 36.2 Å². The number of nitrogens with zero attached hydrogens (tertiary/aromatic N) is 5. The van der Waals surface area contributed by atoms with Gasteiger partial charge in [-0.3, -0.25) is 4.98 Å². The van der Waals surface area contributed by atoms with Crippen LogP contribution < -0.4 is 5.32 Å². The van der Waals surface area contributed by atoms with E-state index in [4.69, 9.17) is 0 Å². The molecule has 0 bridgehead atoms. The number of hydrogen-bond acceptors (Lipinski definition) is 6. The lowest BCUT2D eigenvalue weighted by Gasteiger charge is -2.26. The van der Waals surface area contributed by atoms with Gasteiger partial charge >= 0.3 is 0 Å². The molecule has 1 fully saturated rings. The molecule has 9 heteroatoms. The molecule has 8 nitrogen and oxygen atoms in total. The number of benzene rings is 1. The van der Waals surface area contributed by atoms with Gasteiger partial charge in [0.2, 0.25) is 10.0 Å². The average molecular weight is 427 g/mol. The maximum absolute atomic E-state index is 12.9. The van der Waals surface area contributed by atoms with Crippen LogP contribution in [0.15, 0.2) is 47.6 Å². The van der Waals surface area contributed by atoms with Crippen LogP contribution in [0.25, 0.3) is 5.82 Å². The van der Waals surface area contributed by atoms with Crippen molar-refractivity contribution in [2.75, 3.05) is 18.4 Å². The van der Waals surface area contributed by atoms with E-state index in [-0.39, 0.29) is 0 Å². The van der Waals surface area contributed by atoms with Gasteiger partial charge in [0.05, 0.1) is 23.0 Å². The molecule has 3 aromatic rings. The quantitative estimate of drug-likeness (QED) is 0.651. The Morgan fingerprint density at radius 3 is 2.60 bits per heavy atom. The Labute approximate surface area is 177 Å². The number of rotatable bonds is 6. The Morgan fingerprint density at radius 1 is 1.07 bits per heavy atom. The highest BCUT2D eigenvalue weighted by Gasteiger charge is 2.25. The Balaban J connectivity index is 1.49. The molecule has 0 amide bonds. The van der Waals surface area contributed by atoms with Gasteiger partial charge in [0.15, 0.2) is 5.82 Å². The van der Waals surface area contributed by atoms with Crippen molar-refractivity contribution in [2.24, 2.45) is 0 Å². The molecular formula is C21H26N6O2S. The van der Waals surface area contributed by atoms with Gasteiger partial charge in [0.25, 0.3) is 0 Å².